The number of aliphatic hydroxyl groups is 1. The van der Waals surface area contributed by atoms with Crippen molar-refractivity contribution in [3.05, 3.63) is 11.6 Å². The van der Waals surface area contributed by atoms with Crippen molar-refractivity contribution in [2.24, 2.45) is 51.8 Å². The largest absolute Gasteiger partial charge is 0.393 e. The van der Waals surface area contributed by atoms with Gasteiger partial charge in [-0.2, -0.15) is 0 Å². The summed E-state index contributed by atoms with van der Waals surface area (Å²) < 4.78 is 23.7. The maximum atomic E-state index is 11.8. The van der Waals surface area contributed by atoms with Gasteiger partial charge in [0.05, 0.1) is 18.3 Å². The monoisotopic (exact) mass is 775 g/mol. The molecule has 4 fully saturated rings. The molecule has 229 valence electrons. The van der Waals surface area contributed by atoms with Crippen molar-refractivity contribution in [3.63, 3.8) is 0 Å². The van der Waals surface area contributed by atoms with E-state index in [1.807, 2.05) is 0 Å². The molecule has 12 atom stereocenters. The SMILES string of the molecule is CCC(CCC=C(C)C)C1C(O)CC2(C)C1CC(OCOC)C1C3(C)CCC(OCOC)C(C)C3CCC12C.[Ac]. The van der Waals surface area contributed by atoms with Gasteiger partial charge in [0.2, 0.25) is 0 Å². The number of hydrogen-bond acceptors (Lipinski definition) is 5. The third-order valence-electron chi connectivity index (χ3n) is 12.9. The Labute approximate surface area is 281 Å². The van der Waals surface area contributed by atoms with Crippen molar-refractivity contribution in [2.45, 2.75) is 125 Å². The molecule has 1 radical (unpaired) electrons. The average Bonchev–Trinajstić information content (AvgIpc) is 3.15. The van der Waals surface area contributed by atoms with E-state index in [1.54, 1.807) is 14.2 Å². The van der Waals surface area contributed by atoms with Crippen LogP contribution < -0.4 is 0 Å². The van der Waals surface area contributed by atoms with E-state index >= 15 is 0 Å². The summed E-state index contributed by atoms with van der Waals surface area (Å²) in [6, 6.07) is 0. The first-order valence-corrected chi connectivity index (χ1v) is 16.0. The molecular formula is C34H60AcO5. The molecule has 5 nitrogen and oxygen atoms in total. The fourth-order valence-electron chi connectivity index (χ4n) is 11.0. The summed E-state index contributed by atoms with van der Waals surface area (Å²) in [5.74, 6) is 2.92. The average molecular weight is 776 g/mol. The van der Waals surface area contributed by atoms with Crippen LogP contribution in [0.5, 0.6) is 0 Å². The summed E-state index contributed by atoms with van der Waals surface area (Å²) >= 11 is 0. The smallest absolute Gasteiger partial charge is 0.146 e. The second-order valence-corrected chi connectivity index (χ2v) is 14.8. The molecule has 6 heteroatoms. The standard InChI is InChI=1S/C34H60O5.Ac/c1-10-24(13-11-12-22(2)3)30-26-18-29(39-21-37-9)31-32(5)16-15-28(38-20-36-8)23(4)25(32)14-17-33(31,6)34(26,7)19-27(30)35;/h12,23-31,35H,10-11,13-21H2,1-9H3;. The van der Waals surface area contributed by atoms with Gasteiger partial charge < -0.3 is 24.1 Å². The molecule has 0 aromatic carbocycles. The van der Waals surface area contributed by atoms with Crippen molar-refractivity contribution < 1.29 is 68.1 Å². The van der Waals surface area contributed by atoms with E-state index in [0.717, 1.165) is 38.5 Å². The van der Waals surface area contributed by atoms with Crippen molar-refractivity contribution in [2.75, 3.05) is 27.8 Å². The zero-order chi connectivity index (χ0) is 28.6. The Kier molecular flexibility index (Phi) is 12.8. The number of allylic oxidation sites excluding steroid dienone is 2. The maximum absolute atomic E-state index is 11.8. The zero-order valence-electron chi connectivity index (χ0n) is 27.2. The van der Waals surface area contributed by atoms with Gasteiger partial charge in [0.25, 0.3) is 0 Å². The van der Waals surface area contributed by atoms with Gasteiger partial charge in [-0.15, -0.1) is 0 Å². The molecule has 0 aromatic heterocycles. The Morgan fingerprint density at radius 3 is 2.20 bits per heavy atom. The van der Waals surface area contributed by atoms with Crippen LogP contribution >= 0.6 is 0 Å². The van der Waals surface area contributed by atoms with Gasteiger partial charge in [0.15, 0.2) is 0 Å². The molecule has 40 heavy (non-hydrogen) atoms. The van der Waals surface area contributed by atoms with Crippen LogP contribution in [0.1, 0.15) is 106 Å². The minimum Gasteiger partial charge on any atom is -0.393 e. The first kappa shape index (κ1) is 35.5. The van der Waals surface area contributed by atoms with Crippen LogP contribution in [0, 0.1) is 95.8 Å². The molecule has 12 unspecified atom stereocenters. The summed E-state index contributed by atoms with van der Waals surface area (Å²) in [6.07, 6.45) is 12.6. The quantitative estimate of drug-likeness (QED) is 0.173. The van der Waals surface area contributed by atoms with Gasteiger partial charge >= 0.3 is 0 Å². The Balaban J connectivity index is 0.00000441. The third kappa shape index (κ3) is 6.23. The summed E-state index contributed by atoms with van der Waals surface area (Å²) in [7, 11) is 3.46. The van der Waals surface area contributed by atoms with E-state index in [4.69, 9.17) is 18.9 Å². The Hall–Kier alpha value is 0.982. The minimum absolute atomic E-state index is 0. The van der Waals surface area contributed by atoms with Gasteiger partial charge in [-0.3, -0.25) is 0 Å². The summed E-state index contributed by atoms with van der Waals surface area (Å²) in [5, 5.41) is 11.8. The van der Waals surface area contributed by atoms with E-state index in [1.165, 1.54) is 24.8 Å². The van der Waals surface area contributed by atoms with Crippen molar-refractivity contribution in [1.82, 2.24) is 0 Å². The molecule has 0 saturated heterocycles. The molecule has 0 amide bonds. The molecule has 0 aromatic rings. The van der Waals surface area contributed by atoms with Gasteiger partial charge in [0.1, 0.15) is 13.6 Å². The number of rotatable bonds is 11. The number of fused-ring (bicyclic) bond motifs is 5. The van der Waals surface area contributed by atoms with E-state index in [9.17, 15) is 5.11 Å². The van der Waals surface area contributed by atoms with Gasteiger partial charge in [-0.25, -0.2) is 0 Å². The second-order valence-electron chi connectivity index (χ2n) is 14.8. The summed E-state index contributed by atoms with van der Waals surface area (Å²) in [6.45, 7) is 17.6. The molecule has 1 N–H and O–H groups in total. The van der Waals surface area contributed by atoms with Gasteiger partial charge in [0, 0.05) is 58.3 Å². The number of ether oxygens (including phenoxy) is 4. The molecule has 4 aliphatic rings. The van der Waals surface area contributed by atoms with Crippen molar-refractivity contribution >= 4 is 0 Å². The first-order chi connectivity index (χ1) is 18.5. The topological polar surface area (TPSA) is 57.2 Å². The molecule has 4 aliphatic carbocycles. The molecule has 4 rings (SSSR count). The summed E-state index contributed by atoms with van der Waals surface area (Å²) in [5.41, 5.74) is 1.80. The first-order valence-electron chi connectivity index (χ1n) is 16.0. The van der Waals surface area contributed by atoms with E-state index in [2.05, 4.69) is 54.5 Å². The normalized spacial score (nSPS) is 45.0. The van der Waals surface area contributed by atoms with Crippen molar-refractivity contribution in [3.8, 4) is 0 Å². The van der Waals surface area contributed by atoms with Crippen LogP contribution in [-0.2, 0) is 18.9 Å². The van der Waals surface area contributed by atoms with Gasteiger partial charge in [-0.1, -0.05) is 52.7 Å². The van der Waals surface area contributed by atoms with E-state index in [-0.39, 0.29) is 78.6 Å². The Morgan fingerprint density at radius 1 is 0.950 bits per heavy atom. The van der Waals surface area contributed by atoms with Gasteiger partial charge in [-0.05, 0) is 117 Å². The molecular weight excluding hydrogens is 715 g/mol. The Bertz CT molecular complexity index is 846. The van der Waals surface area contributed by atoms with Crippen molar-refractivity contribution in [1.29, 1.82) is 0 Å². The second kappa shape index (κ2) is 14.4. The predicted molar refractivity (Wildman–Crippen MR) is 157 cm³/mol. The fourth-order valence-corrected chi connectivity index (χ4v) is 11.0. The van der Waals surface area contributed by atoms with E-state index in [0.29, 0.717) is 49.1 Å². The molecule has 0 spiro atoms. The zero-order valence-corrected chi connectivity index (χ0v) is 32.0. The fraction of sp³-hybridized carbons (Fsp3) is 0.941. The minimum atomic E-state index is -0.224. The summed E-state index contributed by atoms with van der Waals surface area (Å²) in [4.78, 5) is 0. The molecule has 0 aliphatic heterocycles. The van der Waals surface area contributed by atoms with Crippen LogP contribution in [0.3, 0.4) is 0 Å². The van der Waals surface area contributed by atoms with Crippen LogP contribution in [0.2, 0.25) is 0 Å². The Morgan fingerprint density at radius 2 is 1.60 bits per heavy atom. The van der Waals surface area contributed by atoms with Crippen LogP contribution in [0.4, 0.5) is 0 Å². The predicted octanol–water partition coefficient (Wildman–Crippen LogP) is 7.61. The third-order valence-corrected chi connectivity index (χ3v) is 12.9. The van der Waals surface area contributed by atoms with Crippen LogP contribution in [-0.4, -0.2) is 51.2 Å². The van der Waals surface area contributed by atoms with Crippen LogP contribution in [0.25, 0.3) is 0 Å². The maximum Gasteiger partial charge on any atom is 0.146 e. The van der Waals surface area contributed by atoms with E-state index < -0.39 is 0 Å². The van der Waals surface area contributed by atoms with Crippen LogP contribution in [0.15, 0.2) is 11.6 Å². The number of hydrogen-bond donors (Lipinski definition) is 1. The molecule has 4 saturated carbocycles. The number of aliphatic hydroxyl groups excluding tert-OH is 1. The molecule has 0 heterocycles. The number of methoxy groups -OCH3 is 2. The molecule has 0 bridgehead atoms.